The van der Waals surface area contributed by atoms with Gasteiger partial charge >= 0.3 is 37.7 Å². The smallest absolute Gasteiger partial charge is 0.870 e. The van der Waals surface area contributed by atoms with Crippen LogP contribution in [0.4, 0.5) is 0 Å². The fourth-order valence-corrected chi connectivity index (χ4v) is 8.17. The molecule has 0 aliphatic carbocycles. The van der Waals surface area contributed by atoms with E-state index < -0.39 is 25.1 Å². The van der Waals surface area contributed by atoms with Crippen LogP contribution in [0.1, 0.15) is 153 Å². The van der Waals surface area contributed by atoms with Crippen molar-refractivity contribution in [1.82, 2.24) is 0 Å². The first-order chi connectivity index (χ1) is 28.8. The molecule has 10 nitrogen and oxygen atoms in total. The Balaban J connectivity index is 0.000000413. The van der Waals surface area contributed by atoms with Gasteiger partial charge in [-0.05, 0) is 79.3 Å². The maximum atomic E-state index is 12.3. The molecule has 4 aromatic carbocycles. The molecule has 0 aliphatic heterocycles. The van der Waals surface area contributed by atoms with Crippen LogP contribution in [0.2, 0.25) is 0 Å². The molecule has 4 aromatic rings. The Kier molecular flexibility index (Phi) is 27.0. The molecule has 2 N–H and O–H groups in total. The molecule has 0 amide bonds. The van der Waals surface area contributed by atoms with Gasteiger partial charge in [-0.3, -0.25) is 4.55 Å². The molecule has 332 valence electrons. The average molecular weight is 907 g/mol. The van der Waals surface area contributed by atoms with Gasteiger partial charge in [0, 0.05) is 0 Å². The third-order valence-corrected chi connectivity index (χ3v) is 12.1. The Bertz CT molecular complexity index is 1910. The van der Waals surface area contributed by atoms with Gasteiger partial charge < -0.3 is 24.2 Å². The van der Waals surface area contributed by atoms with Gasteiger partial charge in [-0.15, -0.1) is 0 Å². The molecule has 4 rings (SSSR count). The first-order valence-corrected chi connectivity index (χ1v) is 24.8. The van der Waals surface area contributed by atoms with E-state index >= 15 is 0 Å². The average Bonchev–Trinajstić information content (AvgIpc) is 3.21. The summed E-state index contributed by atoms with van der Waals surface area (Å²) in [5.74, 6) is -0.372. The van der Waals surface area contributed by atoms with Crippen LogP contribution in [-0.2, 0) is 33.1 Å². The molecule has 0 spiro atoms. The summed E-state index contributed by atoms with van der Waals surface area (Å²) in [4.78, 5) is -0.808. The number of aryl methyl sites for hydroxylation is 2. The van der Waals surface area contributed by atoms with Gasteiger partial charge in [-0.2, -0.15) is 8.42 Å². The Morgan fingerprint density at radius 3 is 1.30 bits per heavy atom. The molecule has 0 heterocycles. The van der Waals surface area contributed by atoms with E-state index in [1.165, 1.54) is 152 Å². The third-order valence-electron chi connectivity index (χ3n) is 10.4. The van der Waals surface area contributed by atoms with Crippen molar-refractivity contribution in [2.45, 2.75) is 165 Å². The van der Waals surface area contributed by atoms with Crippen molar-refractivity contribution in [3.63, 3.8) is 0 Å². The number of hydrogen-bond donors (Lipinski definition) is 2. The van der Waals surface area contributed by atoms with Crippen molar-refractivity contribution in [3.05, 3.63) is 96.1 Å². The van der Waals surface area contributed by atoms with Crippen molar-refractivity contribution >= 4 is 58.0 Å². The molecular formula is C48H66CaO10S2. The minimum atomic E-state index is -4.68. The van der Waals surface area contributed by atoms with E-state index in [0.29, 0.717) is 0 Å². The van der Waals surface area contributed by atoms with Crippen LogP contribution in [0, 0.1) is 0 Å². The predicted octanol–water partition coefficient (Wildman–Crippen LogP) is 12.4. The zero-order chi connectivity index (χ0) is 43.6. The normalized spacial score (nSPS) is 11.3. The topological polar surface area (TPSA) is 173 Å². The SMILES string of the molecule is CCCCCCCCCCCCc1ccc(Oc2ccccc2S(=O)(=O)O)c(O)c1.CCCCCCCCCCCCc1ccc(Oc2ccccc2S(=O)(=O)[O-])c([O-])c1.[Ca+2]. The third kappa shape index (κ3) is 21.9. The van der Waals surface area contributed by atoms with Gasteiger partial charge in [-0.1, -0.05) is 178 Å². The predicted molar refractivity (Wildman–Crippen MR) is 242 cm³/mol. The van der Waals surface area contributed by atoms with Crippen LogP contribution in [0.5, 0.6) is 34.5 Å². The van der Waals surface area contributed by atoms with Crippen molar-refractivity contribution in [2.24, 2.45) is 0 Å². The number of rotatable bonds is 28. The van der Waals surface area contributed by atoms with Crippen LogP contribution in [0.3, 0.4) is 0 Å². The number of phenolic OH excluding ortho intramolecular Hbond substituents is 1. The number of benzene rings is 4. The number of unbranched alkanes of at least 4 members (excludes halogenated alkanes) is 18. The van der Waals surface area contributed by atoms with E-state index in [2.05, 4.69) is 13.8 Å². The van der Waals surface area contributed by atoms with Gasteiger partial charge in [0.1, 0.15) is 32.3 Å². The van der Waals surface area contributed by atoms with E-state index in [-0.39, 0.29) is 77.1 Å². The van der Waals surface area contributed by atoms with Gasteiger partial charge in [0.15, 0.2) is 11.5 Å². The number of para-hydroxylation sites is 2. The first kappa shape index (κ1) is 54.3. The molecule has 0 aromatic heterocycles. The zero-order valence-corrected chi connectivity index (χ0v) is 40.2. The van der Waals surface area contributed by atoms with Gasteiger partial charge in [-0.25, -0.2) is 8.42 Å². The fraction of sp³-hybridized carbons (Fsp3) is 0.500. The van der Waals surface area contributed by atoms with Crippen LogP contribution >= 0.6 is 0 Å². The number of aromatic hydroxyl groups is 1. The number of hydrogen-bond acceptors (Lipinski definition) is 9. The van der Waals surface area contributed by atoms with Gasteiger partial charge in [0.25, 0.3) is 10.1 Å². The van der Waals surface area contributed by atoms with E-state index in [0.717, 1.165) is 43.2 Å². The summed E-state index contributed by atoms with van der Waals surface area (Å²) in [7, 11) is -9.09. The van der Waals surface area contributed by atoms with E-state index in [1.54, 1.807) is 30.3 Å². The monoisotopic (exact) mass is 906 g/mol. The van der Waals surface area contributed by atoms with Crippen LogP contribution in [0.25, 0.3) is 0 Å². The van der Waals surface area contributed by atoms with Crippen LogP contribution in [-0.4, -0.2) is 68.8 Å². The number of phenols is 1. The standard InChI is InChI=1S/2C24H34O5S.Ca/c2*1-2-3-4-5-6-7-8-9-10-11-14-20-17-18-22(21(25)19-20)29-23-15-12-13-16-24(23)30(26,27)28;/h2*12-13,15-19,25H,2-11,14H2,1H3,(H,26,27,28);/q;;+2/p-2. The van der Waals surface area contributed by atoms with E-state index in [1.807, 2.05) is 12.1 Å². The molecular weight excluding hydrogens is 841 g/mol. The minimum absolute atomic E-state index is 0. The molecule has 0 saturated carbocycles. The summed E-state index contributed by atoms with van der Waals surface area (Å²) < 4.78 is 77.2. The quantitative estimate of drug-likeness (QED) is 0.0317. The maximum absolute atomic E-state index is 12.3. The van der Waals surface area contributed by atoms with Gasteiger partial charge in [0.05, 0.1) is 4.90 Å². The molecule has 0 unspecified atom stereocenters. The molecule has 0 atom stereocenters. The summed E-state index contributed by atoms with van der Waals surface area (Å²) in [6, 6.07) is 21.3. The fourth-order valence-electron chi connectivity index (χ4n) is 6.96. The summed E-state index contributed by atoms with van der Waals surface area (Å²) in [5.41, 5.74) is 1.96. The Labute approximate surface area is 396 Å². The van der Waals surface area contributed by atoms with Crippen molar-refractivity contribution < 1.29 is 45.6 Å². The molecule has 0 aliphatic rings. The zero-order valence-electron chi connectivity index (χ0n) is 36.3. The summed E-state index contributed by atoms with van der Waals surface area (Å²) in [6.07, 6.45) is 27.2. The molecule has 13 heteroatoms. The molecule has 61 heavy (non-hydrogen) atoms. The maximum Gasteiger partial charge on any atom is 2.00 e. The second kappa shape index (κ2) is 30.3. The van der Waals surface area contributed by atoms with E-state index in [9.17, 15) is 36.2 Å². The largest absolute Gasteiger partial charge is 2.00 e. The Hall–Kier alpha value is -2.84. The molecule has 0 bridgehead atoms. The second-order valence-corrected chi connectivity index (χ2v) is 18.2. The Morgan fingerprint density at radius 1 is 0.492 bits per heavy atom. The summed E-state index contributed by atoms with van der Waals surface area (Å²) in [6.45, 7) is 4.47. The van der Waals surface area contributed by atoms with E-state index in [4.69, 9.17) is 9.47 Å². The number of ether oxygens (including phenoxy) is 2. The van der Waals surface area contributed by atoms with Crippen LogP contribution < -0.4 is 14.6 Å². The second-order valence-electron chi connectivity index (χ2n) is 15.5. The van der Waals surface area contributed by atoms with Gasteiger partial charge in [0.2, 0.25) is 0 Å². The summed E-state index contributed by atoms with van der Waals surface area (Å²) >= 11 is 0. The van der Waals surface area contributed by atoms with Crippen molar-refractivity contribution in [1.29, 1.82) is 0 Å². The first-order valence-electron chi connectivity index (χ1n) is 21.9. The van der Waals surface area contributed by atoms with Crippen molar-refractivity contribution in [2.75, 3.05) is 0 Å². The molecule has 0 radical (unpaired) electrons. The van der Waals surface area contributed by atoms with Crippen LogP contribution in [0.15, 0.2) is 94.7 Å². The summed E-state index contributed by atoms with van der Waals surface area (Å²) in [5, 5.41) is 22.6. The minimum Gasteiger partial charge on any atom is -0.870 e. The molecule has 0 fully saturated rings. The Morgan fingerprint density at radius 2 is 0.869 bits per heavy atom. The molecule has 0 saturated heterocycles. The van der Waals surface area contributed by atoms with Crippen molar-refractivity contribution in [3.8, 4) is 34.5 Å².